The predicted octanol–water partition coefficient (Wildman–Crippen LogP) is 1.48. The number of imidazole rings is 1. The van der Waals surface area contributed by atoms with E-state index in [1.165, 1.54) is 19.2 Å². The number of nitro groups is 1. The molecule has 0 atom stereocenters. The van der Waals surface area contributed by atoms with E-state index in [1.807, 2.05) is 0 Å². The lowest BCUT2D eigenvalue weighted by Crippen LogP contribution is -1.86. The van der Waals surface area contributed by atoms with Crippen molar-refractivity contribution in [3.05, 3.63) is 28.3 Å². The highest BCUT2D eigenvalue weighted by molar-refractivity contribution is 5.78. The smallest absolute Gasteiger partial charge is 0.294 e. The van der Waals surface area contributed by atoms with Gasteiger partial charge in [0.2, 0.25) is 0 Å². The summed E-state index contributed by atoms with van der Waals surface area (Å²) in [4.78, 5) is 16.8. The minimum absolute atomic E-state index is 0.0200. The van der Waals surface area contributed by atoms with E-state index in [1.54, 1.807) is 6.07 Å². The van der Waals surface area contributed by atoms with Crippen LogP contribution >= 0.6 is 0 Å². The first-order valence-electron chi connectivity index (χ1n) is 3.89. The number of nitrogens with zero attached hydrogens (tertiary/aromatic N) is 2. The standard InChI is InChI=1S/C8H7N3O3/c1-14-8-9-6-3-2-5(11(12)13)4-7(6)10-8/h2-4H,1H3,(H,9,10). The van der Waals surface area contributed by atoms with Gasteiger partial charge in [-0.1, -0.05) is 0 Å². The summed E-state index contributed by atoms with van der Waals surface area (Å²) >= 11 is 0. The quantitative estimate of drug-likeness (QED) is 0.578. The third-order valence-electron chi connectivity index (χ3n) is 1.85. The highest BCUT2D eigenvalue weighted by Gasteiger charge is 2.09. The lowest BCUT2D eigenvalue weighted by molar-refractivity contribution is -0.384. The second kappa shape index (κ2) is 2.99. The van der Waals surface area contributed by atoms with E-state index in [4.69, 9.17) is 4.74 Å². The van der Waals surface area contributed by atoms with Crippen molar-refractivity contribution in [2.75, 3.05) is 7.11 Å². The molecule has 0 fully saturated rings. The fraction of sp³-hybridized carbons (Fsp3) is 0.125. The van der Waals surface area contributed by atoms with Crippen LogP contribution in [0.2, 0.25) is 0 Å². The largest absolute Gasteiger partial charge is 0.468 e. The number of aromatic amines is 1. The molecule has 6 heteroatoms. The molecule has 2 aromatic rings. The van der Waals surface area contributed by atoms with Gasteiger partial charge in [0, 0.05) is 12.1 Å². The Hall–Kier alpha value is -2.11. The lowest BCUT2D eigenvalue weighted by Gasteiger charge is -1.89. The number of nitrogens with one attached hydrogen (secondary N) is 1. The average molecular weight is 193 g/mol. The van der Waals surface area contributed by atoms with Gasteiger partial charge >= 0.3 is 0 Å². The average Bonchev–Trinajstić information content (AvgIpc) is 2.58. The van der Waals surface area contributed by atoms with Crippen molar-refractivity contribution in [3.63, 3.8) is 0 Å². The van der Waals surface area contributed by atoms with Crippen molar-refractivity contribution in [1.29, 1.82) is 0 Å². The molecule has 0 saturated carbocycles. The number of hydrogen-bond donors (Lipinski definition) is 1. The van der Waals surface area contributed by atoms with Crippen molar-refractivity contribution in [2.24, 2.45) is 0 Å². The molecule has 14 heavy (non-hydrogen) atoms. The molecule has 1 aromatic heterocycles. The zero-order chi connectivity index (χ0) is 10.1. The predicted molar refractivity (Wildman–Crippen MR) is 49.3 cm³/mol. The molecule has 0 aliphatic heterocycles. The summed E-state index contributed by atoms with van der Waals surface area (Å²) < 4.78 is 4.86. The maximum absolute atomic E-state index is 10.5. The number of benzene rings is 1. The van der Waals surface area contributed by atoms with Gasteiger partial charge in [-0.15, -0.1) is 0 Å². The Morgan fingerprint density at radius 3 is 3.00 bits per heavy atom. The Balaban J connectivity index is 2.59. The number of ether oxygens (including phenoxy) is 1. The summed E-state index contributed by atoms with van der Waals surface area (Å²) in [6.07, 6.45) is 0. The molecule has 6 nitrogen and oxygen atoms in total. The van der Waals surface area contributed by atoms with Crippen LogP contribution < -0.4 is 4.74 Å². The number of rotatable bonds is 2. The summed E-state index contributed by atoms with van der Waals surface area (Å²) in [6, 6.07) is 4.76. The number of non-ortho nitro benzene ring substituents is 1. The van der Waals surface area contributed by atoms with E-state index in [0.29, 0.717) is 17.0 Å². The number of nitro benzene ring substituents is 1. The Morgan fingerprint density at radius 2 is 2.36 bits per heavy atom. The SMILES string of the molecule is COc1nc2cc([N+](=O)[O-])ccc2[nH]1. The van der Waals surface area contributed by atoms with E-state index in [9.17, 15) is 10.1 Å². The number of aromatic nitrogens is 2. The zero-order valence-corrected chi connectivity index (χ0v) is 7.35. The van der Waals surface area contributed by atoms with Gasteiger partial charge in [-0.25, -0.2) is 0 Å². The molecule has 0 aliphatic rings. The highest BCUT2D eigenvalue weighted by atomic mass is 16.6. The Kier molecular flexibility index (Phi) is 1.81. The summed E-state index contributed by atoms with van der Waals surface area (Å²) in [5.74, 6) is 0. The van der Waals surface area contributed by atoms with Gasteiger partial charge in [-0.2, -0.15) is 4.98 Å². The molecule has 0 aliphatic carbocycles. The molecule has 72 valence electrons. The highest BCUT2D eigenvalue weighted by Crippen LogP contribution is 2.20. The van der Waals surface area contributed by atoms with E-state index in [0.717, 1.165) is 0 Å². The number of hydrogen-bond acceptors (Lipinski definition) is 4. The number of H-pyrrole nitrogens is 1. The third-order valence-corrected chi connectivity index (χ3v) is 1.85. The van der Waals surface area contributed by atoms with E-state index < -0.39 is 4.92 Å². The fourth-order valence-corrected chi connectivity index (χ4v) is 1.18. The first kappa shape index (κ1) is 8.49. The Bertz CT molecular complexity index is 492. The normalized spacial score (nSPS) is 10.4. The summed E-state index contributed by atoms with van der Waals surface area (Å²) in [7, 11) is 1.48. The molecule has 1 heterocycles. The van der Waals surface area contributed by atoms with Gasteiger partial charge in [-0.3, -0.25) is 10.1 Å². The Labute approximate surface area is 78.7 Å². The van der Waals surface area contributed by atoms with Crippen LogP contribution in [0.1, 0.15) is 0 Å². The van der Waals surface area contributed by atoms with Crippen molar-refractivity contribution < 1.29 is 9.66 Å². The fourth-order valence-electron chi connectivity index (χ4n) is 1.18. The molecule has 0 spiro atoms. The van der Waals surface area contributed by atoms with Gasteiger partial charge in [-0.05, 0) is 6.07 Å². The molecule has 0 radical (unpaired) electrons. The van der Waals surface area contributed by atoms with Crippen LogP contribution in [0.5, 0.6) is 6.01 Å². The van der Waals surface area contributed by atoms with Crippen LogP contribution in [-0.2, 0) is 0 Å². The van der Waals surface area contributed by atoms with Gasteiger partial charge in [0.15, 0.2) is 0 Å². The first-order chi connectivity index (χ1) is 6.70. The molecule has 0 saturated heterocycles. The summed E-state index contributed by atoms with van der Waals surface area (Å²) in [5.41, 5.74) is 1.26. The van der Waals surface area contributed by atoms with Gasteiger partial charge in [0.05, 0.1) is 23.1 Å². The van der Waals surface area contributed by atoms with Crippen LogP contribution in [0.4, 0.5) is 5.69 Å². The van der Waals surface area contributed by atoms with Crippen LogP contribution in [0, 0.1) is 10.1 Å². The third kappa shape index (κ3) is 1.26. The maximum atomic E-state index is 10.5. The van der Waals surface area contributed by atoms with Gasteiger partial charge in [0.25, 0.3) is 11.7 Å². The van der Waals surface area contributed by atoms with E-state index in [2.05, 4.69) is 9.97 Å². The minimum Gasteiger partial charge on any atom is -0.468 e. The van der Waals surface area contributed by atoms with Gasteiger partial charge in [0.1, 0.15) is 0 Å². The second-order valence-corrected chi connectivity index (χ2v) is 2.70. The number of fused-ring (bicyclic) bond motifs is 1. The summed E-state index contributed by atoms with van der Waals surface area (Å²) in [6.45, 7) is 0. The second-order valence-electron chi connectivity index (χ2n) is 2.70. The molecule has 1 N–H and O–H groups in total. The van der Waals surface area contributed by atoms with Crippen LogP contribution in [0.15, 0.2) is 18.2 Å². The molecule has 0 bridgehead atoms. The number of methoxy groups -OCH3 is 1. The maximum Gasteiger partial charge on any atom is 0.294 e. The molecule has 2 rings (SSSR count). The first-order valence-corrected chi connectivity index (χ1v) is 3.89. The Morgan fingerprint density at radius 1 is 1.57 bits per heavy atom. The van der Waals surface area contributed by atoms with Crippen molar-refractivity contribution >= 4 is 16.7 Å². The van der Waals surface area contributed by atoms with E-state index in [-0.39, 0.29) is 5.69 Å². The van der Waals surface area contributed by atoms with Crippen LogP contribution in [-0.4, -0.2) is 22.0 Å². The zero-order valence-electron chi connectivity index (χ0n) is 7.35. The summed E-state index contributed by atoms with van der Waals surface area (Å²) in [5, 5.41) is 10.5. The molecular formula is C8H7N3O3. The molecule has 0 unspecified atom stereocenters. The van der Waals surface area contributed by atoms with Crippen molar-refractivity contribution in [1.82, 2.24) is 9.97 Å². The molecule has 1 aromatic carbocycles. The van der Waals surface area contributed by atoms with Gasteiger partial charge < -0.3 is 9.72 Å². The van der Waals surface area contributed by atoms with Crippen molar-refractivity contribution in [3.8, 4) is 6.01 Å². The minimum atomic E-state index is -0.458. The van der Waals surface area contributed by atoms with Crippen LogP contribution in [0.3, 0.4) is 0 Å². The topological polar surface area (TPSA) is 81.1 Å². The van der Waals surface area contributed by atoms with E-state index >= 15 is 0 Å². The molecular weight excluding hydrogens is 186 g/mol. The lowest BCUT2D eigenvalue weighted by atomic mass is 10.3. The van der Waals surface area contributed by atoms with Crippen LogP contribution in [0.25, 0.3) is 11.0 Å². The van der Waals surface area contributed by atoms with Crippen molar-refractivity contribution in [2.45, 2.75) is 0 Å². The monoisotopic (exact) mass is 193 g/mol. The molecule has 0 amide bonds.